The van der Waals surface area contributed by atoms with Gasteiger partial charge in [-0.05, 0) is 0 Å². The van der Waals surface area contributed by atoms with E-state index in [1.807, 2.05) is 0 Å². The van der Waals surface area contributed by atoms with Crippen molar-refractivity contribution >= 4 is 40.3 Å². The van der Waals surface area contributed by atoms with Gasteiger partial charge in [0.2, 0.25) is 0 Å². The second-order valence-electron chi connectivity index (χ2n) is 0.575. The van der Waals surface area contributed by atoms with Crippen LogP contribution in [-0.2, 0) is 4.74 Å². The summed E-state index contributed by atoms with van der Waals surface area (Å²) < 4.78 is 4.25. The monoisotopic (exact) mass is 250 g/mol. The third-order valence-corrected chi connectivity index (χ3v) is 0. The first kappa shape index (κ1) is 23.8. The highest BCUT2D eigenvalue weighted by Crippen LogP contribution is 1.28. The van der Waals surface area contributed by atoms with Gasteiger partial charge in [0.25, 0.3) is 0 Å². The van der Waals surface area contributed by atoms with Gasteiger partial charge in [0, 0.05) is 14.2 Å². The Balaban J connectivity index is -0.0000000160. The predicted molar refractivity (Wildman–Crippen MR) is 46.5 cm³/mol. The van der Waals surface area contributed by atoms with Crippen molar-refractivity contribution in [3.63, 3.8) is 0 Å². The molecule has 0 amide bonds. The zero-order valence-corrected chi connectivity index (χ0v) is 8.31. The standard InChI is InChI=1S/C2H6O.CH4N2.2BrH/c1-3-2;2-1-3;;/h1-2H3;1H,(H3,2,3);2*1H. The highest BCUT2D eigenvalue weighted by atomic mass is 79.9. The lowest BCUT2D eigenvalue weighted by Gasteiger charge is -1.61. The third kappa shape index (κ3) is 1220. The molecular weight excluding hydrogens is 240 g/mol. The molecule has 0 unspecified atom stereocenters. The average Bonchev–Trinajstić information content (AvgIpc) is 1.39. The molecule has 0 saturated heterocycles. The number of hydrogen-bond donors (Lipinski definition) is 2. The molecule has 0 atom stereocenters. The second-order valence-corrected chi connectivity index (χ2v) is 0.575. The van der Waals surface area contributed by atoms with E-state index in [0.717, 1.165) is 6.34 Å². The van der Waals surface area contributed by atoms with Crippen LogP contribution in [0.3, 0.4) is 0 Å². The largest absolute Gasteiger partial charge is 0.390 e. The van der Waals surface area contributed by atoms with Crippen LogP contribution < -0.4 is 5.73 Å². The summed E-state index contributed by atoms with van der Waals surface area (Å²) in [5, 5.41) is 5.86. The first-order chi connectivity index (χ1) is 2.83. The van der Waals surface area contributed by atoms with Gasteiger partial charge in [0.05, 0.1) is 6.34 Å². The molecule has 5 heteroatoms. The minimum absolute atomic E-state index is 0. The lowest BCUT2D eigenvalue weighted by Crippen LogP contribution is -1.81. The molecule has 0 aromatic carbocycles. The van der Waals surface area contributed by atoms with Crippen molar-refractivity contribution in [1.82, 2.24) is 0 Å². The van der Waals surface area contributed by atoms with E-state index >= 15 is 0 Å². The Morgan fingerprint density at radius 1 is 1.38 bits per heavy atom. The Hall–Kier alpha value is 0.390. The van der Waals surface area contributed by atoms with Crippen molar-refractivity contribution in [1.29, 1.82) is 5.41 Å². The topological polar surface area (TPSA) is 59.1 Å². The average molecular weight is 252 g/mol. The first-order valence-electron chi connectivity index (χ1n) is 1.44. The molecule has 0 aromatic heterocycles. The van der Waals surface area contributed by atoms with Crippen molar-refractivity contribution in [3.05, 3.63) is 0 Å². The van der Waals surface area contributed by atoms with Crippen molar-refractivity contribution in [2.45, 2.75) is 0 Å². The maximum Gasteiger partial charge on any atom is 0.0765 e. The molecule has 0 rings (SSSR count). The van der Waals surface area contributed by atoms with Crippen molar-refractivity contribution in [2.24, 2.45) is 5.73 Å². The van der Waals surface area contributed by atoms with E-state index in [-0.39, 0.29) is 34.0 Å². The minimum atomic E-state index is 0. The van der Waals surface area contributed by atoms with Gasteiger partial charge in [-0.3, -0.25) is 5.41 Å². The molecule has 0 spiro atoms. The molecule has 0 aliphatic heterocycles. The summed E-state index contributed by atoms with van der Waals surface area (Å²) in [5.74, 6) is 0. The van der Waals surface area contributed by atoms with Gasteiger partial charge in [-0.25, -0.2) is 0 Å². The van der Waals surface area contributed by atoms with Crippen LogP contribution in [0.4, 0.5) is 0 Å². The summed E-state index contributed by atoms with van der Waals surface area (Å²) in [7, 11) is 3.25. The molecule has 3 nitrogen and oxygen atoms in total. The van der Waals surface area contributed by atoms with Gasteiger partial charge in [0.15, 0.2) is 0 Å². The Morgan fingerprint density at radius 3 is 1.38 bits per heavy atom. The van der Waals surface area contributed by atoms with Crippen LogP contribution >= 0.6 is 34.0 Å². The maximum absolute atomic E-state index is 5.86. The van der Waals surface area contributed by atoms with Gasteiger partial charge in [0.1, 0.15) is 0 Å². The number of halogens is 2. The van der Waals surface area contributed by atoms with Gasteiger partial charge >= 0.3 is 0 Å². The number of nitrogens with two attached hydrogens (primary N) is 1. The number of nitrogens with one attached hydrogen (secondary N) is 1. The fraction of sp³-hybridized carbons (Fsp3) is 0.667. The Bertz CT molecular complexity index is 29.2. The van der Waals surface area contributed by atoms with Gasteiger partial charge in [-0.15, -0.1) is 34.0 Å². The SMILES string of the molecule is Br.Br.COC.N=CN. The van der Waals surface area contributed by atoms with Crippen LogP contribution in [-0.4, -0.2) is 20.6 Å². The summed E-state index contributed by atoms with van der Waals surface area (Å²) in [6, 6.07) is 0. The highest BCUT2D eigenvalue weighted by molar-refractivity contribution is 8.93. The second kappa shape index (κ2) is 52.8. The normalized spacial score (nSPS) is 3.75. The molecule has 3 N–H and O–H groups in total. The summed E-state index contributed by atoms with van der Waals surface area (Å²) in [6.45, 7) is 0. The van der Waals surface area contributed by atoms with Crippen molar-refractivity contribution in [3.8, 4) is 0 Å². The van der Waals surface area contributed by atoms with Crippen molar-refractivity contribution < 1.29 is 4.74 Å². The van der Waals surface area contributed by atoms with Crippen LogP contribution in [0, 0.1) is 5.41 Å². The fourth-order valence-corrected chi connectivity index (χ4v) is 0. The van der Waals surface area contributed by atoms with Gasteiger partial charge < -0.3 is 10.5 Å². The van der Waals surface area contributed by atoms with E-state index in [2.05, 4.69) is 10.5 Å². The molecule has 8 heavy (non-hydrogen) atoms. The Kier molecular flexibility index (Phi) is 157. The van der Waals surface area contributed by atoms with Gasteiger partial charge in [-0.1, -0.05) is 0 Å². The first-order valence-corrected chi connectivity index (χ1v) is 1.44. The molecule has 0 aromatic rings. The lowest BCUT2D eigenvalue weighted by atomic mass is 11.4. The van der Waals surface area contributed by atoms with Crippen molar-refractivity contribution in [2.75, 3.05) is 14.2 Å². The summed E-state index contributed by atoms with van der Waals surface area (Å²) >= 11 is 0. The van der Waals surface area contributed by atoms with Crippen LogP contribution in [0.5, 0.6) is 0 Å². The molecule has 0 fully saturated rings. The predicted octanol–water partition coefficient (Wildman–Crippen LogP) is 0.971. The highest BCUT2D eigenvalue weighted by Gasteiger charge is 1.25. The van der Waals surface area contributed by atoms with E-state index in [1.165, 1.54) is 0 Å². The van der Waals surface area contributed by atoms with E-state index < -0.39 is 0 Å². The molecule has 0 radical (unpaired) electrons. The maximum atomic E-state index is 5.86. The molecule has 0 aliphatic carbocycles. The van der Waals surface area contributed by atoms with E-state index in [4.69, 9.17) is 5.41 Å². The number of methoxy groups -OCH3 is 1. The van der Waals surface area contributed by atoms with E-state index in [9.17, 15) is 0 Å². The summed E-state index contributed by atoms with van der Waals surface area (Å²) in [6.07, 6.45) is 0.750. The molecule has 0 heterocycles. The third-order valence-electron chi connectivity index (χ3n) is 0. The quantitative estimate of drug-likeness (QED) is 0.498. The molecular formula is C3H12Br2N2O. The minimum Gasteiger partial charge on any atom is -0.390 e. The molecule has 0 saturated carbocycles. The Morgan fingerprint density at radius 2 is 1.38 bits per heavy atom. The number of rotatable bonds is 0. The fourth-order valence-electron chi connectivity index (χ4n) is 0. The molecule has 54 valence electrons. The molecule has 0 aliphatic rings. The summed E-state index contributed by atoms with van der Waals surface area (Å²) in [4.78, 5) is 0. The Labute approximate surface area is 70.6 Å². The lowest BCUT2D eigenvalue weighted by molar-refractivity contribution is 0.277. The zero-order valence-electron chi connectivity index (χ0n) is 4.88. The number of ether oxygens (including phenoxy) is 1. The van der Waals surface area contributed by atoms with E-state index in [0.29, 0.717) is 0 Å². The van der Waals surface area contributed by atoms with E-state index in [1.54, 1.807) is 14.2 Å². The number of hydrogen-bond acceptors (Lipinski definition) is 2. The van der Waals surface area contributed by atoms with Crippen LogP contribution in [0.25, 0.3) is 0 Å². The summed E-state index contributed by atoms with van der Waals surface area (Å²) in [5.41, 5.74) is 4.39. The van der Waals surface area contributed by atoms with Gasteiger partial charge in [-0.2, -0.15) is 0 Å². The van der Waals surface area contributed by atoms with Crippen LogP contribution in [0.15, 0.2) is 0 Å². The van der Waals surface area contributed by atoms with Crippen LogP contribution in [0.2, 0.25) is 0 Å². The molecule has 0 bridgehead atoms. The zero-order chi connectivity index (χ0) is 5.41. The smallest absolute Gasteiger partial charge is 0.0765 e. The van der Waals surface area contributed by atoms with Crippen LogP contribution in [0.1, 0.15) is 0 Å².